The number of amides is 1. The van der Waals surface area contributed by atoms with Crippen molar-refractivity contribution in [3.8, 4) is 0 Å². The van der Waals surface area contributed by atoms with E-state index >= 15 is 0 Å². The summed E-state index contributed by atoms with van der Waals surface area (Å²) in [6.07, 6.45) is 0.944. The summed E-state index contributed by atoms with van der Waals surface area (Å²) in [5.41, 5.74) is 1.63. The maximum atomic E-state index is 11.9. The van der Waals surface area contributed by atoms with Crippen LogP contribution >= 0.6 is 0 Å². The van der Waals surface area contributed by atoms with Crippen molar-refractivity contribution in [2.45, 2.75) is 39.4 Å². The molecule has 0 fully saturated rings. The minimum atomic E-state index is -1.80. The lowest BCUT2D eigenvalue weighted by Gasteiger charge is -2.17. The van der Waals surface area contributed by atoms with E-state index in [0.717, 1.165) is 5.56 Å². The van der Waals surface area contributed by atoms with Gasteiger partial charge in [0.1, 0.15) is 0 Å². The van der Waals surface area contributed by atoms with Crippen LogP contribution in [0.25, 0.3) is 0 Å². The van der Waals surface area contributed by atoms with Gasteiger partial charge in [0.05, 0.1) is 0 Å². The zero-order valence-corrected chi connectivity index (χ0v) is 13.7. The molecule has 0 spiro atoms. The van der Waals surface area contributed by atoms with Crippen LogP contribution in [0.1, 0.15) is 28.8 Å². The first-order chi connectivity index (χ1) is 9.29. The summed E-state index contributed by atoms with van der Waals surface area (Å²) < 4.78 is 5.34. The quantitative estimate of drug-likeness (QED) is 0.648. The zero-order valence-electron chi connectivity index (χ0n) is 12.7. The molecule has 1 N–H and O–H groups in total. The first kappa shape index (κ1) is 16.4. The minimum Gasteiger partial charge on any atom is -0.520 e. The summed E-state index contributed by atoms with van der Waals surface area (Å²) in [5, 5.41) is 2.82. The Balaban J connectivity index is 2.30. The highest BCUT2D eigenvalue weighted by Crippen LogP contribution is 2.07. The molecule has 0 aliphatic rings. The first-order valence-electron chi connectivity index (χ1n) is 6.85. The van der Waals surface area contributed by atoms with Gasteiger partial charge in [-0.3, -0.25) is 9.59 Å². The maximum absolute atomic E-state index is 11.9. The van der Waals surface area contributed by atoms with E-state index in [4.69, 9.17) is 4.43 Å². The number of rotatable bonds is 6. The van der Waals surface area contributed by atoms with E-state index in [1.54, 1.807) is 6.07 Å². The van der Waals surface area contributed by atoms with Gasteiger partial charge < -0.3 is 9.74 Å². The molecule has 4 nitrogen and oxygen atoms in total. The molecule has 110 valence electrons. The lowest BCUT2D eigenvalue weighted by molar-refractivity contribution is -0.135. The summed E-state index contributed by atoms with van der Waals surface area (Å²) >= 11 is 0. The summed E-state index contributed by atoms with van der Waals surface area (Å²) in [7, 11) is -1.80. The fourth-order valence-electron chi connectivity index (χ4n) is 1.75. The number of carbonyl (C=O) groups excluding carboxylic acids is 2. The predicted octanol–water partition coefficient (Wildman–Crippen LogP) is 2.88. The Hall–Kier alpha value is -1.62. The molecule has 1 aromatic rings. The fourth-order valence-corrected chi connectivity index (χ4v) is 2.54. The van der Waals surface area contributed by atoms with Crippen molar-refractivity contribution >= 4 is 20.2 Å². The second kappa shape index (κ2) is 7.24. The van der Waals surface area contributed by atoms with Gasteiger partial charge in [-0.1, -0.05) is 18.2 Å². The number of carbonyl (C=O) groups is 2. The lowest BCUT2D eigenvalue weighted by atomic mass is 10.1. The van der Waals surface area contributed by atoms with Gasteiger partial charge in [0.2, 0.25) is 8.32 Å². The molecular formula is C15H23NO3Si. The molecule has 0 saturated heterocycles. The van der Waals surface area contributed by atoms with Gasteiger partial charge in [0, 0.05) is 18.5 Å². The van der Waals surface area contributed by atoms with Gasteiger partial charge in [-0.25, -0.2) is 0 Å². The summed E-state index contributed by atoms with van der Waals surface area (Å²) in [4.78, 5) is 23.4. The van der Waals surface area contributed by atoms with E-state index in [1.165, 1.54) is 0 Å². The van der Waals surface area contributed by atoms with Crippen molar-refractivity contribution in [3.63, 3.8) is 0 Å². The van der Waals surface area contributed by atoms with Crippen LogP contribution in [0, 0.1) is 6.92 Å². The SMILES string of the molecule is Cc1ccccc1C(=O)NCCCC(=O)O[Si](C)(C)C. The molecule has 0 radical (unpaired) electrons. The molecule has 0 atom stereocenters. The van der Waals surface area contributed by atoms with Crippen LogP contribution in [0.4, 0.5) is 0 Å². The second-order valence-corrected chi connectivity index (χ2v) is 10.2. The van der Waals surface area contributed by atoms with Gasteiger partial charge in [-0.2, -0.15) is 0 Å². The Morgan fingerprint density at radius 3 is 2.45 bits per heavy atom. The molecule has 0 aliphatic carbocycles. The fraction of sp³-hybridized carbons (Fsp3) is 0.467. The minimum absolute atomic E-state index is 0.0957. The van der Waals surface area contributed by atoms with Gasteiger partial charge >= 0.3 is 0 Å². The van der Waals surface area contributed by atoms with Crippen LogP contribution in [-0.4, -0.2) is 26.7 Å². The standard InChI is InChI=1S/C15H23NO3Si/c1-12-8-5-6-9-13(12)15(18)16-11-7-10-14(17)19-20(2,3)4/h5-6,8-9H,7,10-11H2,1-4H3,(H,16,18). The van der Waals surface area contributed by atoms with E-state index in [2.05, 4.69) is 5.32 Å². The molecule has 1 amide bonds. The molecular weight excluding hydrogens is 270 g/mol. The van der Waals surface area contributed by atoms with Crippen molar-refractivity contribution in [2.24, 2.45) is 0 Å². The summed E-state index contributed by atoms with van der Waals surface area (Å²) in [5.74, 6) is -0.268. The van der Waals surface area contributed by atoms with Crippen LogP contribution in [0.3, 0.4) is 0 Å². The topological polar surface area (TPSA) is 55.4 Å². The van der Waals surface area contributed by atoms with E-state index < -0.39 is 8.32 Å². The average Bonchev–Trinajstić information content (AvgIpc) is 2.33. The molecule has 0 heterocycles. The molecule has 1 aromatic carbocycles. The van der Waals surface area contributed by atoms with E-state index in [1.807, 2.05) is 44.8 Å². The zero-order chi connectivity index (χ0) is 15.2. The second-order valence-electron chi connectivity index (χ2n) is 5.76. The van der Waals surface area contributed by atoms with Crippen LogP contribution < -0.4 is 5.32 Å². The van der Waals surface area contributed by atoms with Crippen molar-refractivity contribution in [1.29, 1.82) is 0 Å². The number of aryl methyl sites for hydroxylation is 1. The highest BCUT2D eigenvalue weighted by molar-refractivity contribution is 6.71. The molecule has 0 aliphatic heterocycles. The Morgan fingerprint density at radius 1 is 1.20 bits per heavy atom. The molecule has 20 heavy (non-hydrogen) atoms. The molecule has 1 rings (SSSR count). The Kier molecular flexibility index (Phi) is 5.95. The highest BCUT2D eigenvalue weighted by Gasteiger charge is 2.19. The van der Waals surface area contributed by atoms with E-state index in [0.29, 0.717) is 24.9 Å². The molecule has 0 unspecified atom stereocenters. The van der Waals surface area contributed by atoms with Gasteiger partial charge in [0.25, 0.3) is 11.9 Å². The first-order valence-corrected chi connectivity index (χ1v) is 10.3. The third-order valence-electron chi connectivity index (χ3n) is 2.65. The van der Waals surface area contributed by atoms with Gasteiger partial charge in [-0.15, -0.1) is 0 Å². The van der Waals surface area contributed by atoms with Gasteiger partial charge in [0.15, 0.2) is 0 Å². The third kappa shape index (κ3) is 6.01. The van der Waals surface area contributed by atoms with Crippen LogP contribution in [0.5, 0.6) is 0 Å². The lowest BCUT2D eigenvalue weighted by Crippen LogP contribution is -2.30. The van der Waals surface area contributed by atoms with Crippen LogP contribution in [-0.2, 0) is 9.22 Å². The Labute approximate surface area is 121 Å². The van der Waals surface area contributed by atoms with Gasteiger partial charge in [-0.05, 0) is 44.6 Å². The smallest absolute Gasteiger partial charge is 0.292 e. The molecule has 0 saturated carbocycles. The highest BCUT2D eigenvalue weighted by atomic mass is 28.4. The largest absolute Gasteiger partial charge is 0.520 e. The monoisotopic (exact) mass is 293 g/mol. The van der Waals surface area contributed by atoms with Crippen molar-refractivity contribution in [1.82, 2.24) is 5.32 Å². The van der Waals surface area contributed by atoms with Crippen LogP contribution in [0.2, 0.25) is 19.6 Å². The number of nitrogens with one attached hydrogen (secondary N) is 1. The van der Waals surface area contributed by atoms with Crippen molar-refractivity contribution < 1.29 is 14.0 Å². The number of hydrogen-bond donors (Lipinski definition) is 1. The molecule has 0 aromatic heterocycles. The maximum Gasteiger partial charge on any atom is 0.292 e. The molecule has 5 heteroatoms. The normalized spacial score (nSPS) is 11.0. The van der Waals surface area contributed by atoms with E-state index in [-0.39, 0.29) is 11.9 Å². The summed E-state index contributed by atoms with van der Waals surface area (Å²) in [6.45, 7) is 8.31. The molecule has 0 bridgehead atoms. The number of hydrogen-bond acceptors (Lipinski definition) is 3. The van der Waals surface area contributed by atoms with E-state index in [9.17, 15) is 9.59 Å². The number of benzene rings is 1. The Bertz CT molecular complexity index is 480. The van der Waals surface area contributed by atoms with Crippen molar-refractivity contribution in [3.05, 3.63) is 35.4 Å². The predicted molar refractivity (Wildman–Crippen MR) is 82.2 cm³/mol. The Morgan fingerprint density at radius 2 is 1.85 bits per heavy atom. The van der Waals surface area contributed by atoms with Crippen molar-refractivity contribution in [2.75, 3.05) is 6.54 Å². The third-order valence-corrected chi connectivity index (χ3v) is 3.49. The average molecular weight is 293 g/mol. The summed E-state index contributed by atoms with van der Waals surface area (Å²) in [6, 6.07) is 7.44. The van der Waals surface area contributed by atoms with Crippen LogP contribution in [0.15, 0.2) is 24.3 Å².